The summed E-state index contributed by atoms with van der Waals surface area (Å²) in [4.78, 5) is 7.44. The van der Waals surface area contributed by atoms with Crippen LogP contribution in [0.3, 0.4) is 0 Å². The largest absolute Gasteiger partial charge is 0.262 e. The number of hydrogen-bond acceptors (Lipinski definition) is 5. The van der Waals surface area contributed by atoms with Crippen LogP contribution < -0.4 is 0 Å². The molecular formula is C6H6N4S. The topological polar surface area (TPSA) is 51.6 Å². The Morgan fingerprint density at radius 2 is 1.45 bits per heavy atom. The van der Waals surface area contributed by atoms with Crippen molar-refractivity contribution in [3.8, 4) is 0 Å². The lowest BCUT2D eigenvalue weighted by Crippen LogP contribution is -1.66. The third-order valence-corrected chi connectivity index (χ3v) is 1.19. The van der Waals surface area contributed by atoms with E-state index in [9.17, 15) is 0 Å². The zero-order valence-corrected chi connectivity index (χ0v) is 6.48. The first-order valence-corrected chi connectivity index (χ1v) is 3.75. The molecule has 2 aromatic heterocycles. The van der Waals surface area contributed by atoms with Gasteiger partial charge in [-0.15, -0.1) is 5.10 Å². The van der Waals surface area contributed by atoms with Crippen molar-refractivity contribution in [2.75, 3.05) is 0 Å². The lowest BCUT2D eigenvalue weighted by molar-refractivity contribution is 1.16. The molecule has 11 heavy (non-hydrogen) atoms. The Labute approximate surface area is 68.1 Å². The Hall–Kier alpha value is -1.36. The van der Waals surface area contributed by atoms with Crippen LogP contribution in [-0.4, -0.2) is 19.6 Å². The van der Waals surface area contributed by atoms with Gasteiger partial charge < -0.3 is 0 Å². The lowest BCUT2D eigenvalue weighted by Gasteiger charge is -1.70. The van der Waals surface area contributed by atoms with Gasteiger partial charge in [0.25, 0.3) is 0 Å². The van der Waals surface area contributed by atoms with Crippen molar-refractivity contribution in [1.29, 1.82) is 0 Å². The van der Waals surface area contributed by atoms with E-state index in [2.05, 4.69) is 19.6 Å². The first kappa shape index (κ1) is 7.74. The number of aromatic nitrogens is 4. The molecule has 5 heteroatoms. The van der Waals surface area contributed by atoms with Gasteiger partial charge >= 0.3 is 0 Å². The summed E-state index contributed by atoms with van der Waals surface area (Å²) in [6.45, 7) is 0. The van der Waals surface area contributed by atoms with Gasteiger partial charge in [-0.05, 0) is 11.5 Å². The van der Waals surface area contributed by atoms with Gasteiger partial charge in [0, 0.05) is 30.2 Å². The van der Waals surface area contributed by atoms with E-state index in [1.165, 1.54) is 11.5 Å². The standard InChI is InChI=1S/C4H4N2.C2H2N2S/c1-2-6-4-3-5-1;1-2-5-4-3-1/h1-4H;1-2H. The summed E-state index contributed by atoms with van der Waals surface area (Å²) < 4.78 is 3.51. The number of rotatable bonds is 0. The van der Waals surface area contributed by atoms with Gasteiger partial charge in [0.1, 0.15) is 0 Å². The van der Waals surface area contributed by atoms with Gasteiger partial charge in [0.15, 0.2) is 0 Å². The van der Waals surface area contributed by atoms with Crippen molar-refractivity contribution < 1.29 is 0 Å². The minimum atomic E-state index is 1.35. The van der Waals surface area contributed by atoms with Crippen LogP contribution in [0.15, 0.2) is 36.4 Å². The molecule has 4 nitrogen and oxygen atoms in total. The van der Waals surface area contributed by atoms with Gasteiger partial charge in [-0.25, -0.2) is 0 Å². The van der Waals surface area contributed by atoms with Gasteiger partial charge in [0.2, 0.25) is 0 Å². The van der Waals surface area contributed by atoms with Gasteiger partial charge in [-0.1, -0.05) is 4.49 Å². The normalized spacial score (nSPS) is 8.00. The maximum Gasteiger partial charge on any atom is 0.0620 e. The summed E-state index contributed by atoms with van der Waals surface area (Å²) in [6, 6.07) is 0. The molecule has 0 bridgehead atoms. The van der Waals surface area contributed by atoms with E-state index in [0.717, 1.165) is 0 Å². The zero-order valence-electron chi connectivity index (χ0n) is 5.66. The minimum absolute atomic E-state index is 1.35. The zero-order chi connectivity index (χ0) is 7.78. The first-order chi connectivity index (χ1) is 5.50. The summed E-state index contributed by atoms with van der Waals surface area (Å²) in [5, 5.41) is 5.31. The van der Waals surface area contributed by atoms with E-state index < -0.39 is 0 Å². The predicted octanol–water partition coefficient (Wildman–Crippen LogP) is 1.01. The van der Waals surface area contributed by atoms with Gasteiger partial charge in [-0.3, -0.25) is 9.97 Å². The molecule has 2 aromatic rings. The third kappa shape index (κ3) is 4.10. The van der Waals surface area contributed by atoms with Crippen molar-refractivity contribution >= 4 is 11.5 Å². The van der Waals surface area contributed by atoms with Crippen molar-refractivity contribution in [2.45, 2.75) is 0 Å². The highest BCUT2D eigenvalue weighted by atomic mass is 32.1. The number of nitrogens with zero attached hydrogens (tertiary/aromatic N) is 4. The first-order valence-electron chi connectivity index (χ1n) is 2.91. The van der Waals surface area contributed by atoms with E-state index in [-0.39, 0.29) is 0 Å². The summed E-state index contributed by atoms with van der Waals surface area (Å²) in [7, 11) is 0. The van der Waals surface area contributed by atoms with Crippen LogP contribution in [0.4, 0.5) is 0 Å². The molecule has 0 aliphatic rings. The maximum atomic E-state index is 3.72. The molecule has 56 valence electrons. The van der Waals surface area contributed by atoms with Crippen LogP contribution in [0.2, 0.25) is 0 Å². The van der Waals surface area contributed by atoms with E-state index in [4.69, 9.17) is 0 Å². The second-order valence-corrected chi connectivity index (χ2v) is 2.13. The predicted molar refractivity (Wildman–Crippen MR) is 41.9 cm³/mol. The van der Waals surface area contributed by atoms with Gasteiger partial charge in [0.05, 0.1) is 6.20 Å². The molecule has 2 heterocycles. The van der Waals surface area contributed by atoms with E-state index in [0.29, 0.717) is 0 Å². The number of hydrogen-bond donors (Lipinski definition) is 0. The van der Waals surface area contributed by atoms with Crippen molar-refractivity contribution in [1.82, 2.24) is 19.6 Å². The molecular weight excluding hydrogens is 160 g/mol. The Morgan fingerprint density at radius 3 is 1.64 bits per heavy atom. The van der Waals surface area contributed by atoms with E-state index in [1.54, 1.807) is 31.0 Å². The highest BCUT2D eigenvalue weighted by Crippen LogP contribution is 1.78. The molecule has 0 amide bonds. The average Bonchev–Trinajstić information content (AvgIpc) is 2.64. The second-order valence-electron chi connectivity index (χ2n) is 1.48. The molecule has 0 radical (unpaired) electrons. The van der Waals surface area contributed by atoms with E-state index >= 15 is 0 Å². The fourth-order valence-corrected chi connectivity index (χ4v) is 0.662. The summed E-state index contributed by atoms with van der Waals surface area (Å²) in [5.74, 6) is 0. The van der Waals surface area contributed by atoms with Crippen molar-refractivity contribution in [3.63, 3.8) is 0 Å². The molecule has 0 aliphatic heterocycles. The van der Waals surface area contributed by atoms with Crippen molar-refractivity contribution in [3.05, 3.63) is 36.4 Å². The van der Waals surface area contributed by atoms with Crippen LogP contribution in [0.25, 0.3) is 0 Å². The molecule has 0 N–H and O–H groups in total. The monoisotopic (exact) mass is 166 g/mol. The maximum absolute atomic E-state index is 3.72. The Balaban J connectivity index is 0.000000112. The smallest absolute Gasteiger partial charge is 0.0620 e. The molecule has 0 atom stereocenters. The minimum Gasteiger partial charge on any atom is -0.262 e. The van der Waals surface area contributed by atoms with Crippen LogP contribution in [0, 0.1) is 0 Å². The van der Waals surface area contributed by atoms with Crippen LogP contribution in [0.1, 0.15) is 0 Å². The van der Waals surface area contributed by atoms with Gasteiger partial charge in [-0.2, -0.15) is 0 Å². The molecule has 0 spiro atoms. The summed E-state index contributed by atoms with van der Waals surface area (Å²) in [6.07, 6.45) is 8.21. The average molecular weight is 166 g/mol. The Kier molecular flexibility index (Phi) is 3.82. The second kappa shape index (κ2) is 5.43. The molecule has 0 aliphatic carbocycles. The molecule has 0 saturated heterocycles. The summed E-state index contributed by atoms with van der Waals surface area (Å²) in [5.41, 5.74) is 0. The molecule has 0 saturated carbocycles. The molecule has 2 rings (SSSR count). The highest BCUT2D eigenvalue weighted by molar-refractivity contribution is 7.03. The Bertz CT molecular complexity index is 200. The Morgan fingerprint density at radius 1 is 0.818 bits per heavy atom. The van der Waals surface area contributed by atoms with Crippen molar-refractivity contribution in [2.24, 2.45) is 0 Å². The fourth-order valence-electron chi connectivity index (χ4n) is 0.389. The molecule has 0 aromatic carbocycles. The fraction of sp³-hybridized carbons (Fsp3) is 0. The quantitative estimate of drug-likeness (QED) is 0.586. The molecule has 0 unspecified atom stereocenters. The van der Waals surface area contributed by atoms with Crippen LogP contribution in [-0.2, 0) is 0 Å². The summed E-state index contributed by atoms with van der Waals surface area (Å²) >= 11 is 1.35. The van der Waals surface area contributed by atoms with Crippen LogP contribution >= 0.6 is 11.5 Å². The lowest BCUT2D eigenvalue weighted by atomic mass is 10.8. The SMILES string of the molecule is c1cnccn1.c1csnn1. The molecule has 0 fully saturated rings. The van der Waals surface area contributed by atoms with Crippen LogP contribution in [0.5, 0.6) is 0 Å². The van der Waals surface area contributed by atoms with E-state index in [1.807, 2.05) is 5.38 Å². The highest BCUT2D eigenvalue weighted by Gasteiger charge is 1.61. The third-order valence-electron chi connectivity index (χ3n) is 0.760.